The second-order valence-corrected chi connectivity index (χ2v) is 5.07. The van der Waals surface area contributed by atoms with Crippen molar-refractivity contribution in [3.05, 3.63) is 35.9 Å². The van der Waals surface area contributed by atoms with Crippen LogP contribution in [0.1, 0.15) is 26.3 Å². The molecule has 0 bridgehead atoms. The Morgan fingerprint density at radius 3 is 2.40 bits per heavy atom. The Balaban J connectivity index is 2.29. The van der Waals surface area contributed by atoms with Crippen LogP contribution in [-0.4, -0.2) is 24.6 Å². The molecule has 1 unspecified atom stereocenters. The van der Waals surface area contributed by atoms with Crippen LogP contribution in [0, 0.1) is 5.92 Å². The normalized spacial score (nSPS) is 11.8. The number of hydrogen-bond acceptors (Lipinski definition) is 3. The SMILES string of the molecule is CC(C)CNC(=O)C(C)NC(=O)OCc1ccccc1. The van der Waals surface area contributed by atoms with Crippen LogP contribution in [-0.2, 0) is 16.1 Å². The van der Waals surface area contributed by atoms with Crippen LogP contribution < -0.4 is 10.6 Å². The van der Waals surface area contributed by atoms with E-state index in [1.807, 2.05) is 44.2 Å². The van der Waals surface area contributed by atoms with E-state index in [9.17, 15) is 9.59 Å². The topological polar surface area (TPSA) is 67.4 Å². The molecule has 1 aromatic carbocycles. The fourth-order valence-electron chi connectivity index (χ4n) is 1.46. The Morgan fingerprint density at radius 2 is 1.80 bits per heavy atom. The minimum Gasteiger partial charge on any atom is -0.445 e. The van der Waals surface area contributed by atoms with Gasteiger partial charge in [0, 0.05) is 6.54 Å². The van der Waals surface area contributed by atoms with E-state index in [0.717, 1.165) is 5.56 Å². The quantitative estimate of drug-likeness (QED) is 0.837. The number of alkyl carbamates (subject to hydrolysis) is 1. The Morgan fingerprint density at radius 1 is 1.15 bits per heavy atom. The number of hydrogen-bond donors (Lipinski definition) is 2. The van der Waals surface area contributed by atoms with E-state index in [-0.39, 0.29) is 12.5 Å². The molecule has 0 saturated heterocycles. The van der Waals surface area contributed by atoms with Gasteiger partial charge in [0.05, 0.1) is 0 Å². The van der Waals surface area contributed by atoms with Crippen molar-refractivity contribution in [3.63, 3.8) is 0 Å². The van der Waals surface area contributed by atoms with Gasteiger partial charge in [-0.3, -0.25) is 4.79 Å². The van der Waals surface area contributed by atoms with Crippen molar-refractivity contribution in [2.45, 2.75) is 33.4 Å². The summed E-state index contributed by atoms with van der Waals surface area (Å²) >= 11 is 0. The van der Waals surface area contributed by atoms with Crippen molar-refractivity contribution in [1.29, 1.82) is 0 Å². The molecule has 0 aliphatic rings. The molecule has 20 heavy (non-hydrogen) atoms. The van der Waals surface area contributed by atoms with Crippen LogP contribution in [0.25, 0.3) is 0 Å². The largest absolute Gasteiger partial charge is 0.445 e. The summed E-state index contributed by atoms with van der Waals surface area (Å²) in [6.45, 7) is 6.41. The number of carbonyl (C=O) groups is 2. The summed E-state index contributed by atoms with van der Waals surface area (Å²) in [7, 11) is 0. The van der Waals surface area contributed by atoms with Crippen LogP contribution in [0.4, 0.5) is 4.79 Å². The van der Waals surface area contributed by atoms with Crippen LogP contribution in [0.15, 0.2) is 30.3 Å². The molecular formula is C15H22N2O3. The summed E-state index contributed by atoms with van der Waals surface area (Å²) < 4.78 is 5.04. The molecule has 0 aromatic heterocycles. The number of carbonyl (C=O) groups excluding carboxylic acids is 2. The number of ether oxygens (including phenoxy) is 1. The molecular weight excluding hydrogens is 256 g/mol. The number of benzene rings is 1. The van der Waals surface area contributed by atoms with Crippen molar-refractivity contribution >= 4 is 12.0 Å². The molecule has 2 N–H and O–H groups in total. The summed E-state index contributed by atoms with van der Waals surface area (Å²) in [5.74, 6) is 0.159. The monoisotopic (exact) mass is 278 g/mol. The van der Waals surface area contributed by atoms with Crippen LogP contribution in [0.2, 0.25) is 0 Å². The van der Waals surface area contributed by atoms with Gasteiger partial charge in [0.1, 0.15) is 12.6 Å². The molecule has 1 atom stereocenters. The fourth-order valence-corrected chi connectivity index (χ4v) is 1.46. The van der Waals surface area contributed by atoms with E-state index >= 15 is 0 Å². The van der Waals surface area contributed by atoms with Gasteiger partial charge in [-0.1, -0.05) is 44.2 Å². The summed E-state index contributed by atoms with van der Waals surface area (Å²) in [4.78, 5) is 23.2. The zero-order valence-corrected chi connectivity index (χ0v) is 12.2. The van der Waals surface area contributed by atoms with Crippen LogP contribution >= 0.6 is 0 Å². The van der Waals surface area contributed by atoms with Crippen molar-refractivity contribution in [2.75, 3.05) is 6.54 Å². The summed E-state index contributed by atoms with van der Waals surface area (Å²) in [6, 6.07) is 8.76. The van der Waals surface area contributed by atoms with Crippen molar-refractivity contribution < 1.29 is 14.3 Å². The molecule has 5 heteroatoms. The summed E-state index contributed by atoms with van der Waals surface area (Å²) in [6.07, 6.45) is -0.596. The van der Waals surface area contributed by atoms with E-state index in [1.165, 1.54) is 0 Å². The van der Waals surface area contributed by atoms with Gasteiger partial charge in [0.2, 0.25) is 5.91 Å². The Labute approximate surface area is 119 Å². The number of nitrogens with one attached hydrogen (secondary N) is 2. The second kappa shape index (κ2) is 8.19. The highest BCUT2D eigenvalue weighted by atomic mass is 16.5. The maximum atomic E-state index is 11.7. The minimum absolute atomic E-state index is 0.188. The standard InChI is InChI=1S/C15H22N2O3/c1-11(2)9-16-14(18)12(3)17-15(19)20-10-13-7-5-4-6-8-13/h4-8,11-12H,9-10H2,1-3H3,(H,16,18)(H,17,19). The molecule has 0 aliphatic heterocycles. The van der Waals surface area contributed by atoms with Crippen molar-refractivity contribution in [3.8, 4) is 0 Å². The van der Waals surface area contributed by atoms with E-state index in [4.69, 9.17) is 4.74 Å². The molecule has 0 aliphatic carbocycles. The average Bonchev–Trinajstić information content (AvgIpc) is 2.43. The summed E-state index contributed by atoms with van der Waals surface area (Å²) in [5.41, 5.74) is 0.902. The van der Waals surface area contributed by atoms with Crippen molar-refractivity contribution in [1.82, 2.24) is 10.6 Å². The Bertz CT molecular complexity index is 432. The third-order valence-corrected chi connectivity index (χ3v) is 2.62. The summed E-state index contributed by atoms with van der Waals surface area (Å²) in [5, 5.41) is 5.25. The smallest absolute Gasteiger partial charge is 0.408 e. The average molecular weight is 278 g/mol. The Hall–Kier alpha value is -2.04. The lowest BCUT2D eigenvalue weighted by Gasteiger charge is -2.15. The van der Waals surface area contributed by atoms with Gasteiger partial charge < -0.3 is 15.4 Å². The molecule has 0 spiro atoms. The first-order valence-electron chi connectivity index (χ1n) is 6.74. The van der Waals surface area contributed by atoms with Gasteiger partial charge in [-0.25, -0.2) is 4.79 Å². The van der Waals surface area contributed by atoms with Crippen LogP contribution in [0.3, 0.4) is 0 Å². The lowest BCUT2D eigenvalue weighted by atomic mass is 10.2. The molecule has 0 radical (unpaired) electrons. The van der Waals surface area contributed by atoms with E-state index in [0.29, 0.717) is 12.5 Å². The first-order valence-corrected chi connectivity index (χ1v) is 6.74. The van der Waals surface area contributed by atoms with E-state index in [2.05, 4.69) is 10.6 Å². The van der Waals surface area contributed by atoms with E-state index < -0.39 is 12.1 Å². The molecule has 0 fully saturated rings. The van der Waals surface area contributed by atoms with Gasteiger partial charge in [0.15, 0.2) is 0 Å². The lowest BCUT2D eigenvalue weighted by molar-refractivity contribution is -0.122. The van der Waals surface area contributed by atoms with Crippen LogP contribution in [0.5, 0.6) is 0 Å². The molecule has 110 valence electrons. The van der Waals surface area contributed by atoms with Gasteiger partial charge in [-0.2, -0.15) is 0 Å². The van der Waals surface area contributed by atoms with E-state index in [1.54, 1.807) is 6.92 Å². The highest BCUT2D eigenvalue weighted by molar-refractivity contribution is 5.85. The lowest BCUT2D eigenvalue weighted by Crippen LogP contribution is -2.45. The number of rotatable bonds is 6. The maximum Gasteiger partial charge on any atom is 0.408 e. The molecule has 1 rings (SSSR count). The number of amides is 2. The zero-order valence-electron chi connectivity index (χ0n) is 12.2. The second-order valence-electron chi connectivity index (χ2n) is 5.07. The first kappa shape index (κ1) is 16.0. The van der Waals surface area contributed by atoms with Gasteiger partial charge >= 0.3 is 6.09 Å². The van der Waals surface area contributed by atoms with Gasteiger partial charge in [-0.05, 0) is 18.4 Å². The fraction of sp³-hybridized carbons (Fsp3) is 0.467. The molecule has 1 aromatic rings. The molecule has 2 amide bonds. The van der Waals surface area contributed by atoms with Crippen molar-refractivity contribution in [2.24, 2.45) is 5.92 Å². The predicted octanol–water partition coefficient (Wildman–Crippen LogP) is 2.07. The minimum atomic E-state index is -0.614. The molecule has 5 nitrogen and oxygen atoms in total. The first-order chi connectivity index (χ1) is 9.49. The third-order valence-electron chi connectivity index (χ3n) is 2.62. The highest BCUT2D eigenvalue weighted by Gasteiger charge is 2.16. The zero-order chi connectivity index (χ0) is 15.0. The highest BCUT2D eigenvalue weighted by Crippen LogP contribution is 2.00. The van der Waals surface area contributed by atoms with Gasteiger partial charge in [0.25, 0.3) is 0 Å². The predicted molar refractivity (Wildman–Crippen MR) is 77.1 cm³/mol. The maximum absolute atomic E-state index is 11.7. The molecule has 0 heterocycles. The molecule has 0 saturated carbocycles. The van der Waals surface area contributed by atoms with Gasteiger partial charge in [-0.15, -0.1) is 0 Å². The Kier molecular flexibility index (Phi) is 6.56. The third kappa shape index (κ3) is 6.22.